The summed E-state index contributed by atoms with van der Waals surface area (Å²) in [6, 6.07) is 73.5. The molecule has 484 valence electrons. The molecule has 0 radical (unpaired) electrons. The highest BCUT2D eigenvalue weighted by Crippen LogP contribution is 2.54. The van der Waals surface area contributed by atoms with Crippen molar-refractivity contribution in [2.24, 2.45) is 0 Å². The minimum atomic E-state index is -0.915. The van der Waals surface area contributed by atoms with Crippen molar-refractivity contribution in [3.8, 4) is 57.5 Å². The predicted octanol–water partition coefficient (Wildman–Crippen LogP) is 17.9. The minimum absolute atomic E-state index is 0.222. The zero-order valence-corrected chi connectivity index (χ0v) is 55.3. The highest BCUT2D eigenvalue weighted by atomic mass is 32.2. The molecule has 8 heterocycles. The van der Waals surface area contributed by atoms with E-state index in [-0.39, 0.29) is 34.2 Å². The van der Waals surface area contributed by atoms with Gasteiger partial charge in [-0.25, -0.2) is 26.3 Å². The monoisotopic (exact) mass is 1390 g/mol. The summed E-state index contributed by atoms with van der Waals surface area (Å²) in [6.07, 6.45) is 0. The number of hydrogen-bond donors (Lipinski definition) is 0. The molecule has 0 spiro atoms. The Morgan fingerprint density at radius 2 is 0.706 bits per heavy atom. The highest BCUT2D eigenvalue weighted by Gasteiger charge is 2.52. The number of thiophene rings is 2. The summed E-state index contributed by atoms with van der Waals surface area (Å²) >= 11 is 4.76. The normalized spacial score (nSPS) is 13.6. The van der Waals surface area contributed by atoms with Gasteiger partial charge in [0.05, 0.1) is 0 Å². The second-order valence-electron chi connectivity index (χ2n) is 25.6. The summed E-state index contributed by atoms with van der Waals surface area (Å²) in [6.45, 7) is -2.18. The summed E-state index contributed by atoms with van der Waals surface area (Å²) in [5.74, 6) is -1.30. The Balaban J connectivity index is 0.880. The van der Waals surface area contributed by atoms with Crippen LogP contribution in [0.4, 0.5) is 77.5 Å². The van der Waals surface area contributed by atoms with E-state index in [0.717, 1.165) is 45.0 Å². The first-order valence-electron chi connectivity index (χ1n) is 32.9. The smallest absolute Gasteiger partial charge is 0.268 e. The highest BCUT2D eigenvalue weighted by molar-refractivity contribution is 8.00. The van der Waals surface area contributed by atoms with Gasteiger partial charge in [-0.15, -0.1) is 22.7 Å². The molecule has 15 aromatic rings. The Kier molecular flexibility index (Phi) is 13.0. The first-order valence-corrected chi connectivity index (χ1v) is 35.4. The van der Waals surface area contributed by atoms with E-state index in [1.54, 1.807) is 82.6 Å². The Morgan fingerprint density at radius 3 is 1.24 bits per heavy atom. The Hall–Kier alpha value is -11.7. The fourth-order valence-electron chi connectivity index (χ4n) is 15.9. The third-order valence-corrected chi connectivity index (χ3v) is 23.7. The number of fused-ring (bicyclic) bond motifs is 16. The molecule has 0 unspecified atom stereocenters. The van der Waals surface area contributed by atoms with E-state index in [0.29, 0.717) is 95.8 Å². The second-order valence-corrected chi connectivity index (χ2v) is 28.9. The van der Waals surface area contributed by atoms with Crippen molar-refractivity contribution >= 4 is 174 Å². The number of benzene rings is 13. The molecule has 0 bridgehead atoms. The average Bonchev–Trinajstić information content (AvgIpc) is 0.973. The van der Waals surface area contributed by atoms with Crippen LogP contribution in [0.15, 0.2) is 265 Å². The zero-order chi connectivity index (χ0) is 67.9. The number of hydrogen-bond acceptors (Lipinski definition) is 11. The second kappa shape index (κ2) is 22.4. The quantitative estimate of drug-likeness (QED) is 0.104. The summed E-state index contributed by atoms with van der Waals surface area (Å²) in [4.78, 5) is 6.50. The van der Waals surface area contributed by atoms with Crippen LogP contribution in [-0.4, -0.2) is 20.1 Å². The molecule has 2 aromatic heterocycles. The van der Waals surface area contributed by atoms with E-state index >= 15 is 26.3 Å². The molecule has 8 nitrogen and oxygen atoms in total. The van der Waals surface area contributed by atoms with Crippen molar-refractivity contribution in [3.05, 3.63) is 290 Å². The van der Waals surface area contributed by atoms with Crippen LogP contribution in [0.2, 0.25) is 0 Å². The van der Waals surface area contributed by atoms with Gasteiger partial charge < -0.3 is 38.4 Å². The summed E-state index contributed by atoms with van der Waals surface area (Å²) < 4.78 is 143. The van der Waals surface area contributed by atoms with Crippen molar-refractivity contribution in [3.63, 3.8) is 0 Å². The molecule has 21 rings (SSSR count). The number of rotatable bonds is 9. The van der Waals surface area contributed by atoms with E-state index in [1.165, 1.54) is 75.7 Å². The standard InChI is InChI=1S/C82H42B3F6N3O5S3/c86-55-25-14-26-56(87)76(55)92-61-41-62-52(84-74-65(93(62)77-57(88)27-15-28-58(77)89)34-47(96-44-19-6-2-7-20-44)37-69(74)99-79-49-23-10-12-31-70(49)101-81(79)84)39-51(61)83-54-40-53-63(42-67(54)98-68-36-46(33-64(92)73(68)83)95-43-17-4-1-5-18-43)94(78-59(90)29-16-30-60(78)91)66-35-48(97-45-21-8-3-9-22-45)38-72-75(66)85(53)82-80(100-72)50-24-11-13-32-71(50)102-82/h1-42H. The molecule has 0 saturated carbocycles. The van der Waals surface area contributed by atoms with Crippen LogP contribution in [0.3, 0.4) is 0 Å². The molecule has 0 amide bonds. The maximum atomic E-state index is 17.7. The van der Waals surface area contributed by atoms with Gasteiger partial charge in [-0.2, -0.15) is 0 Å². The summed E-state index contributed by atoms with van der Waals surface area (Å²) in [5, 5.41) is 1.88. The SMILES string of the molecule is Fc1cccc(F)c1N1c2cc3c(cc2B2c4cc5c(cc4Oc4cc(Oc6ccccc6)cc1c42)N(c1c(F)cccc1F)c1cc(Oc2ccccc2)cc2c1B5c1sc4ccccc4c1S2)B1c2sc4ccccc4c2Oc2cc(Oc4ccccc4)cc(c21)N3c1c(F)cccc1F. The Bertz CT molecular complexity index is 6090. The predicted molar refractivity (Wildman–Crippen MR) is 398 cm³/mol. The fraction of sp³-hybridized carbons (Fsp3) is 0. The molecule has 0 saturated heterocycles. The van der Waals surface area contributed by atoms with Gasteiger partial charge in [0.25, 0.3) is 20.1 Å². The summed E-state index contributed by atoms with van der Waals surface area (Å²) in [7, 11) is 0. The maximum Gasteiger partial charge on any atom is 0.268 e. The van der Waals surface area contributed by atoms with E-state index in [2.05, 4.69) is 18.2 Å². The molecule has 6 aliphatic rings. The molecule has 20 heteroatoms. The number of halogens is 6. The van der Waals surface area contributed by atoms with Gasteiger partial charge in [0, 0.05) is 105 Å². The van der Waals surface area contributed by atoms with Gasteiger partial charge in [0.15, 0.2) is 0 Å². The number of ether oxygens (including phenoxy) is 5. The summed E-state index contributed by atoms with van der Waals surface area (Å²) in [5.41, 5.74) is 5.06. The van der Waals surface area contributed by atoms with Gasteiger partial charge in [-0.05, 0) is 146 Å². The van der Waals surface area contributed by atoms with Crippen LogP contribution >= 0.6 is 34.4 Å². The molecular weight excluding hydrogens is 1350 g/mol. The number of anilines is 9. The first kappa shape index (κ1) is 59.2. The first-order chi connectivity index (χ1) is 50.0. The van der Waals surface area contributed by atoms with Gasteiger partial charge in [-0.1, -0.05) is 127 Å². The minimum Gasteiger partial charge on any atom is -0.458 e. The Labute approximate surface area is 591 Å². The van der Waals surface area contributed by atoms with Gasteiger partial charge in [0.1, 0.15) is 109 Å². The molecule has 102 heavy (non-hydrogen) atoms. The lowest BCUT2D eigenvalue weighted by atomic mass is 9.30. The average molecular weight is 1390 g/mol. The largest absolute Gasteiger partial charge is 0.458 e. The topological polar surface area (TPSA) is 55.9 Å². The maximum absolute atomic E-state index is 17.7. The molecule has 0 atom stereocenters. The van der Waals surface area contributed by atoms with Crippen molar-refractivity contribution in [2.75, 3.05) is 14.7 Å². The van der Waals surface area contributed by atoms with Crippen LogP contribution in [0.25, 0.3) is 20.2 Å². The molecule has 0 N–H and O–H groups in total. The van der Waals surface area contributed by atoms with Crippen molar-refractivity contribution in [1.82, 2.24) is 0 Å². The van der Waals surface area contributed by atoms with Crippen LogP contribution in [0.1, 0.15) is 0 Å². The lowest BCUT2D eigenvalue weighted by molar-refractivity contribution is 0.463. The van der Waals surface area contributed by atoms with E-state index in [4.69, 9.17) is 23.7 Å². The Morgan fingerprint density at radius 1 is 0.304 bits per heavy atom. The lowest BCUT2D eigenvalue weighted by Crippen LogP contribution is -2.65. The van der Waals surface area contributed by atoms with Gasteiger partial charge in [-0.3, -0.25) is 0 Å². The van der Waals surface area contributed by atoms with Crippen molar-refractivity contribution < 1.29 is 50.0 Å². The van der Waals surface area contributed by atoms with Gasteiger partial charge in [0.2, 0.25) is 0 Å². The molecular formula is C82H42B3F6N3O5S3. The van der Waals surface area contributed by atoms with Crippen molar-refractivity contribution in [1.29, 1.82) is 0 Å². The number of para-hydroxylation sites is 6. The van der Waals surface area contributed by atoms with E-state index in [1.807, 2.05) is 127 Å². The van der Waals surface area contributed by atoms with Crippen LogP contribution in [0.5, 0.6) is 57.5 Å². The van der Waals surface area contributed by atoms with Crippen LogP contribution in [0, 0.1) is 34.9 Å². The van der Waals surface area contributed by atoms with Crippen LogP contribution < -0.4 is 86.2 Å². The molecule has 6 aliphatic heterocycles. The molecule has 0 fully saturated rings. The lowest BCUT2D eigenvalue weighted by Gasteiger charge is -2.44. The zero-order valence-electron chi connectivity index (χ0n) is 52.9. The van der Waals surface area contributed by atoms with E-state index in [9.17, 15) is 0 Å². The van der Waals surface area contributed by atoms with Crippen molar-refractivity contribution in [2.45, 2.75) is 9.79 Å². The molecule has 0 aliphatic carbocycles. The fourth-order valence-corrected chi connectivity index (χ4v) is 19.9. The van der Waals surface area contributed by atoms with E-state index < -0.39 is 66.4 Å². The van der Waals surface area contributed by atoms with Gasteiger partial charge >= 0.3 is 0 Å². The third kappa shape index (κ3) is 8.82. The third-order valence-electron chi connectivity index (χ3n) is 19.9. The van der Waals surface area contributed by atoms with Crippen LogP contribution in [-0.2, 0) is 0 Å². The molecule has 13 aromatic carbocycles. The number of nitrogens with zero attached hydrogens (tertiary/aromatic N) is 3.